The van der Waals surface area contributed by atoms with Gasteiger partial charge in [0.1, 0.15) is 0 Å². The summed E-state index contributed by atoms with van der Waals surface area (Å²) in [6, 6.07) is 12.3. The molecule has 0 amide bonds. The number of nitrogens with zero attached hydrogens (tertiary/aromatic N) is 1. The predicted molar refractivity (Wildman–Crippen MR) is 82.3 cm³/mol. The second-order valence-electron chi connectivity index (χ2n) is 4.69. The van der Waals surface area contributed by atoms with Crippen molar-refractivity contribution in [1.82, 2.24) is 10.3 Å². The van der Waals surface area contributed by atoms with Gasteiger partial charge in [-0.05, 0) is 18.6 Å². The fourth-order valence-corrected chi connectivity index (χ4v) is 2.42. The van der Waals surface area contributed by atoms with Gasteiger partial charge >= 0.3 is 0 Å². The molecule has 2 aromatic rings. The van der Waals surface area contributed by atoms with E-state index in [1.807, 2.05) is 18.2 Å². The molecule has 0 spiro atoms. The fraction of sp³-hybridized carbons (Fsp3) is 0.357. The molecule has 1 aromatic carbocycles. The molecule has 19 heavy (non-hydrogen) atoms. The first-order chi connectivity index (χ1) is 8.33. The highest BCUT2D eigenvalue weighted by Crippen LogP contribution is 2.17. The van der Waals surface area contributed by atoms with Gasteiger partial charge in [0.2, 0.25) is 0 Å². The van der Waals surface area contributed by atoms with Gasteiger partial charge in [-0.15, -0.1) is 24.8 Å². The van der Waals surface area contributed by atoms with E-state index in [1.165, 1.54) is 5.39 Å². The molecule has 0 aliphatic carbocycles. The van der Waals surface area contributed by atoms with Crippen LogP contribution in [0.5, 0.6) is 0 Å². The third-order valence-corrected chi connectivity index (χ3v) is 3.43. The quantitative estimate of drug-likeness (QED) is 0.894. The second kappa shape index (κ2) is 7.06. The van der Waals surface area contributed by atoms with Crippen LogP contribution in [0.1, 0.15) is 5.69 Å². The highest BCUT2D eigenvalue weighted by molar-refractivity contribution is 5.85. The maximum Gasteiger partial charge on any atom is 0.0708 e. The van der Waals surface area contributed by atoms with Crippen molar-refractivity contribution in [2.45, 2.75) is 12.5 Å². The molecular formula is C14H18Cl2N2O. The zero-order valence-electron chi connectivity index (χ0n) is 10.5. The number of aliphatic hydroxyl groups is 1. The molecule has 0 radical (unpaired) electrons. The molecule has 2 N–H and O–H groups in total. The molecule has 5 heteroatoms. The first-order valence-electron chi connectivity index (χ1n) is 6.06. The van der Waals surface area contributed by atoms with E-state index in [4.69, 9.17) is 0 Å². The Hall–Kier alpha value is -0.870. The van der Waals surface area contributed by atoms with Crippen molar-refractivity contribution < 1.29 is 5.11 Å². The van der Waals surface area contributed by atoms with Crippen molar-refractivity contribution in [1.29, 1.82) is 0 Å². The summed E-state index contributed by atoms with van der Waals surface area (Å²) >= 11 is 0. The van der Waals surface area contributed by atoms with Gasteiger partial charge in [0.25, 0.3) is 0 Å². The normalized spacial score (nSPS) is 21.7. The number of benzene rings is 1. The molecule has 1 aliphatic heterocycles. The van der Waals surface area contributed by atoms with Crippen LogP contribution in [0.15, 0.2) is 36.4 Å². The van der Waals surface area contributed by atoms with E-state index in [0.29, 0.717) is 12.5 Å². The summed E-state index contributed by atoms with van der Waals surface area (Å²) in [5.41, 5.74) is 2.10. The van der Waals surface area contributed by atoms with Gasteiger partial charge in [0, 0.05) is 30.1 Å². The Kier molecular flexibility index (Phi) is 6.01. The number of para-hydroxylation sites is 1. The predicted octanol–water partition coefficient (Wildman–Crippen LogP) is 2.20. The molecular weight excluding hydrogens is 283 g/mol. The summed E-state index contributed by atoms with van der Waals surface area (Å²) in [6.45, 7) is 1.59. The van der Waals surface area contributed by atoms with Gasteiger partial charge in [0.15, 0.2) is 0 Å². The SMILES string of the molecule is Cl.Cl.O[C@@H]1CNC[C@H]1Cc1ccc2ccccc2n1. The van der Waals surface area contributed by atoms with E-state index in [9.17, 15) is 5.11 Å². The van der Waals surface area contributed by atoms with Gasteiger partial charge in [-0.1, -0.05) is 24.3 Å². The number of halogens is 2. The van der Waals surface area contributed by atoms with Gasteiger partial charge in [-0.2, -0.15) is 0 Å². The number of aromatic nitrogens is 1. The van der Waals surface area contributed by atoms with Crippen molar-refractivity contribution in [3.8, 4) is 0 Å². The number of β-amino-alcohol motifs (C(OH)–C–C–N with tert-alkyl or cyclic N) is 1. The lowest BCUT2D eigenvalue weighted by Gasteiger charge is -2.12. The molecule has 1 saturated heterocycles. The maximum absolute atomic E-state index is 9.77. The largest absolute Gasteiger partial charge is 0.391 e. The van der Waals surface area contributed by atoms with Crippen LogP contribution in [-0.4, -0.2) is 29.3 Å². The van der Waals surface area contributed by atoms with Crippen molar-refractivity contribution in [3.05, 3.63) is 42.1 Å². The molecule has 1 aliphatic rings. The molecule has 0 saturated carbocycles. The second-order valence-corrected chi connectivity index (χ2v) is 4.69. The smallest absolute Gasteiger partial charge is 0.0708 e. The van der Waals surface area contributed by atoms with Gasteiger partial charge in [0.05, 0.1) is 11.6 Å². The van der Waals surface area contributed by atoms with E-state index < -0.39 is 0 Å². The van der Waals surface area contributed by atoms with E-state index in [1.54, 1.807) is 0 Å². The van der Waals surface area contributed by atoms with E-state index in [0.717, 1.165) is 24.2 Å². The van der Waals surface area contributed by atoms with Crippen molar-refractivity contribution in [2.75, 3.05) is 13.1 Å². The Balaban J connectivity index is 0.000000902. The Morgan fingerprint density at radius 2 is 1.89 bits per heavy atom. The highest BCUT2D eigenvalue weighted by atomic mass is 35.5. The highest BCUT2D eigenvalue weighted by Gasteiger charge is 2.25. The van der Waals surface area contributed by atoms with Crippen LogP contribution in [0.4, 0.5) is 0 Å². The lowest BCUT2D eigenvalue weighted by molar-refractivity contribution is 0.147. The molecule has 1 aromatic heterocycles. The van der Waals surface area contributed by atoms with Gasteiger partial charge < -0.3 is 10.4 Å². The van der Waals surface area contributed by atoms with E-state index in [2.05, 4.69) is 28.5 Å². The average Bonchev–Trinajstić information content (AvgIpc) is 2.75. The topological polar surface area (TPSA) is 45.1 Å². The lowest BCUT2D eigenvalue weighted by Crippen LogP contribution is -2.20. The molecule has 0 unspecified atom stereocenters. The van der Waals surface area contributed by atoms with Gasteiger partial charge in [-0.3, -0.25) is 4.98 Å². The number of aliphatic hydroxyl groups excluding tert-OH is 1. The minimum atomic E-state index is -0.233. The molecule has 3 nitrogen and oxygen atoms in total. The summed E-state index contributed by atoms with van der Waals surface area (Å²) in [7, 11) is 0. The number of pyridine rings is 1. The Bertz CT molecular complexity index is 536. The minimum absolute atomic E-state index is 0. The fourth-order valence-electron chi connectivity index (χ4n) is 2.42. The number of fused-ring (bicyclic) bond motifs is 1. The molecule has 1 fully saturated rings. The van der Waals surface area contributed by atoms with Crippen molar-refractivity contribution >= 4 is 35.7 Å². The zero-order valence-corrected chi connectivity index (χ0v) is 12.1. The average molecular weight is 301 g/mol. The van der Waals surface area contributed by atoms with Gasteiger partial charge in [-0.25, -0.2) is 0 Å². The Labute approximate surface area is 125 Å². The molecule has 104 valence electrons. The van der Waals surface area contributed by atoms with E-state index in [-0.39, 0.29) is 30.9 Å². The molecule has 0 bridgehead atoms. The third-order valence-electron chi connectivity index (χ3n) is 3.43. The summed E-state index contributed by atoms with van der Waals surface area (Å²) in [5, 5.41) is 14.1. The summed E-state index contributed by atoms with van der Waals surface area (Å²) in [6.07, 6.45) is 0.613. The Morgan fingerprint density at radius 3 is 2.63 bits per heavy atom. The maximum atomic E-state index is 9.77. The lowest BCUT2D eigenvalue weighted by atomic mass is 9.99. The van der Waals surface area contributed by atoms with Crippen LogP contribution in [0.25, 0.3) is 10.9 Å². The number of nitrogens with one attached hydrogen (secondary N) is 1. The Morgan fingerprint density at radius 1 is 1.11 bits per heavy atom. The van der Waals surface area contributed by atoms with Crippen molar-refractivity contribution in [2.24, 2.45) is 5.92 Å². The third kappa shape index (κ3) is 3.57. The standard InChI is InChI=1S/C14H16N2O.2ClH/c17-14-9-15-8-11(14)7-12-6-5-10-3-1-2-4-13(10)16-12;;/h1-6,11,14-15,17H,7-9H2;2*1H/t11-,14-;;/m1../s1. The van der Waals surface area contributed by atoms with Crippen LogP contribution in [0, 0.1) is 5.92 Å². The monoisotopic (exact) mass is 300 g/mol. The number of rotatable bonds is 2. The van der Waals surface area contributed by atoms with Crippen LogP contribution in [-0.2, 0) is 6.42 Å². The van der Waals surface area contributed by atoms with Crippen LogP contribution < -0.4 is 5.32 Å². The summed E-state index contributed by atoms with van der Waals surface area (Å²) in [5.74, 6) is 0.295. The van der Waals surface area contributed by atoms with Crippen LogP contribution >= 0.6 is 24.8 Å². The summed E-state index contributed by atoms with van der Waals surface area (Å²) < 4.78 is 0. The molecule has 2 atom stereocenters. The first kappa shape index (κ1) is 16.2. The van der Waals surface area contributed by atoms with Crippen molar-refractivity contribution in [3.63, 3.8) is 0 Å². The van der Waals surface area contributed by atoms with Crippen LogP contribution in [0.3, 0.4) is 0 Å². The number of hydrogen-bond acceptors (Lipinski definition) is 3. The minimum Gasteiger partial charge on any atom is -0.391 e. The summed E-state index contributed by atoms with van der Waals surface area (Å²) in [4.78, 5) is 4.63. The molecule has 3 rings (SSSR count). The first-order valence-corrected chi connectivity index (χ1v) is 6.06. The number of hydrogen-bond donors (Lipinski definition) is 2. The van der Waals surface area contributed by atoms with Crippen LogP contribution in [0.2, 0.25) is 0 Å². The zero-order chi connectivity index (χ0) is 11.7. The molecule has 2 heterocycles. The van der Waals surface area contributed by atoms with E-state index >= 15 is 0 Å².